The molecule has 0 aliphatic rings. The normalized spacial score (nSPS) is 12.1. The van der Waals surface area contributed by atoms with Gasteiger partial charge in [-0.05, 0) is 19.1 Å². The summed E-state index contributed by atoms with van der Waals surface area (Å²) in [6, 6.07) is 6.97. The molecule has 1 aromatic carbocycles. The highest BCUT2D eigenvalue weighted by Gasteiger charge is 2.12. The van der Waals surface area contributed by atoms with E-state index in [9.17, 15) is 4.79 Å². The van der Waals surface area contributed by atoms with Crippen LogP contribution in [0.3, 0.4) is 0 Å². The van der Waals surface area contributed by atoms with Crippen LogP contribution in [0.5, 0.6) is 5.75 Å². The van der Waals surface area contributed by atoms with Crippen molar-refractivity contribution >= 4 is 17.6 Å². The van der Waals surface area contributed by atoms with Gasteiger partial charge in [0.25, 0.3) is 0 Å². The third-order valence-electron chi connectivity index (χ3n) is 1.75. The van der Waals surface area contributed by atoms with Crippen molar-refractivity contribution in [1.82, 2.24) is 0 Å². The molecule has 0 spiro atoms. The summed E-state index contributed by atoms with van der Waals surface area (Å²) in [5, 5.41) is 9.11. The van der Waals surface area contributed by atoms with Gasteiger partial charge in [0, 0.05) is 0 Å². The van der Waals surface area contributed by atoms with Crippen LogP contribution in [0.25, 0.3) is 0 Å². The second-order valence-electron chi connectivity index (χ2n) is 2.98. The lowest BCUT2D eigenvalue weighted by molar-refractivity contribution is -0.142. The van der Waals surface area contributed by atoms with Crippen molar-refractivity contribution in [3.63, 3.8) is 0 Å². The molecule has 3 nitrogen and oxygen atoms in total. The molecule has 14 heavy (non-hydrogen) atoms. The first-order valence-corrected chi connectivity index (χ1v) is 4.59. The molecule has 0 saturated heterocycles. The Bertz CT molecular complexity index is 325. The number of benzene rings is 1. The smallest absolute Gasteiger partial charge is 0.309 e. The van der Waals surface area contributed by atoms with Gasteiger partial charge in [-0.15, -0.1) is 0 Å². The lowest BCUT2D eigenvalue weighted by Gasteiger charge is -2.09. The zero-order valence-corrected chi connectivity index (χ0v) is 8.49. The number of hydrogen-bond acceptors (Lipinski definition) is 2. The molecule has 1 unspecified atom stereocenters. The number of carboxylic acids is 1. The first kappa shape index (κ1) is 10.9. The van der Waals surface area contributed by atoms with Gasteiger partial charge < -0.3 is 9.84 Å². The molecule has 1 N–H and O–H groups in total. The van der Waals surface area contributed by atoms with Gasteiger partial charge in [0.15, 0.2) is 0 Å². The quantitative estimate of drug-likeness (QED) is 0.838. The molecular weight excluding hydrogens is 204 g/mol. The standard InChI is InChI=1S/C10H11ClO3/c1-7(10(12)13)6-14-9-5-3-2-4-8(9)11/h2-5,7H,6H2,1H3,(H,12,13). The van der Waals surface area contributed by atoms with E-state index in [0.29, 0.717) is 10.8 Å². The SMILES string of the molecule is CC(COc1ccccc1Cl)C(=O)O. The summed E-state index contributed by atoms with van der Waals surface area (Å²) >= 11 is 5.81. The third kappa shape index (κ3) is 2.92. The van der Waals surface area contributed by atoms with Crippen LogP contribution in [-0.4, -0.2) is 17.7 Å². The van der Waals surface area contributed by atoms with E-state index in [1.807, 2.05) is 0 Å². The van der Waals surface area contributed by atoms with Gasteiger partial charge in [-0.3, -0.25) is 4.79 Å². The lowest BCUT2D eigenvalue weighted by Crippen LogP contribution is -2.17. The first-order valence-electron chi connectivity index (χ1n) is 4.21. The zero-order valence-electron chi connectivity index (χ0n) is 7.74. The second-order valence-corrected chi connectivity index (χ2v) is 3.39. The number of ether oxygens (including phenoxy) is 1. The summed E-state index contributed by atoms with van der Waals surface area (Å²) in [5.74, 6) is -0.898. The number of hydrogen-bond donors (Lipinski definition) is 1. The van der Waals surface area contributed by atoms with Gasteiger partial charge in [0.05, 0.1) is 10.9 Å². The Morgan fingerprint density at radius 2 is 2.21 bits per heavy atom. The summed E-state index contributed by atoms with van der Waals surface area (Å²) in [7, 11) is 0. The zero-order chi connectivity index (χ0) is 10.6. The maximum absolute atomic E-state index is 10.5. The summed E-state index contributed by atoms with van der Waals surface area (Å²) < 4.78 is 5.25. The maximum Gasteiger partial charge on any atom is 0.309 e. The predicted molar refractivity (Wildman–Crippen MR) is 53.7 cm³/mol. The Kier molecular flexibility index (Phi) is 3.77. The number of carboxylic acid groups (broad SMARTS) is 1. The molecule has 0 fully saturated rings. The van der Waals surface area contributed by atoms with Crippen molar-refractivity contribution in [3.05, 3.63) is 29.3 Å². The highest BCUT2D eigenvalue weighted by Crippen LogP contribution is 2.23. The van der Waals surface area contributed by atoms with Crippen molar-refractivity contribution < 1.29 is 14.6 Å². The minimum Gasteiger partial charge on any atom is -0.491 e. The molecule has 0 amide bonds. The fourth-order valence-electron chi connectivity index (χ4n) is 0.848. The Labute approximate surface area is 87.3 Å². The molecular formula is C10H11ClO3. The summed E-state index contributed by atoms with van der Waals surface area (Å²) in [4.78, 5) is 10.5. The monoisotopic (exact) mass is 214 g/mol. The number of halogens is 1. The average Bonchev–Trinajstić information content (AvgIpc) is 2.16. The van der Waals surface area contributed by atoms with Crippen LogP contribution < -0.4 is 4.74 Å². The van der Waals surface area contributed by atoms with Crippen molar-refractivity contribution in [2.24, 2.45) is 5.92 Å². The molecule has 1 rings (SSSR count). The molecule has 1 atom stereocenters. The number of carbonyl (C=O) groups is 1. The van der Waals surface area contributed by atoms with Crippen molar-refractivity contribution in [3.8, 4) is 5.75 Å². The average molecular weight is 215 g/mol. The fourth-order valence-corrected chi connectivity index (χ4v) is 1.04. The van der Waals surface area contributed by atoms with Crippen LogP contribution in [0.15, 0.2) is 24.3 Å². The maximum atomic E-state index is 10.5. The van der Waals surface area contributed by atoms with Crippen LogP contribution in [0, 0.1) is 5.92 Å². The number of rotatable bonds is 4. The van der Waals surface area contributed by atoms with Gasteiger partial charge in [-0.1, -0.05) is 23.7 Å². The van der Waals surface area contributed by atoms with Gasteiger partial charge in [-0.2, -0.15) is 0 Å². The molecule has 4 heteroatoms. The van der Waals surface area contributed by atoms with E-state index >= 15 is 0 Å². The molecule has 1 aromatic rings. The third-order valence-corrected chi connectivity index (χ3v) is 2.06. The molecule has 0 radical (unpaired) electrons. The van der Waals surface area contributed by atoms with Crippen LogP contribution in [0.1, 0.15) is 6.92 Å². The van der Waals surface area contributed by atoms with Crippen molar-refractivity contribution in [1.29, 1.82) is 0 Å². The largest absolute Gasteiger partial charge is 0.491 e. The second kappa shape index (κ2) is 4.86. The highest BCUT2D eigenvalue weighted by atomic mass is 35.5. The molecule has 0 heterocycles. The first-order chi connectivity index (χ1) is 6.61. The van der Waals surface area contributed by atoms with E-state index < -0.39 is 11.9 Å². The van der Waals surface area contributed by atoms with E-state index in [0.717, 1.165) is 0 Å². The summed E-state index contributed by atoms with van der Waals surface area (Å²) in [6.07, 6.45) is 0. The Hall–Kier alpha value is -1.22. The van der Waals surface area contributed by atoms with Crippen LogP contribution in [0.4, 0.5) is 0 Å². The van der Waals surface area contributed by atoms with E-state index in [4.69, 9.17) is 21.4 Å². The lowest BCUT2D eigenvalue weighted by atomic mass is 10.2. The Balaban J connectivity index is 2.54. The number of aliphatic carboxylic acids is 1. The predicted octanol–water partition coefficient (Wildman–Crippen LogP) is 2.44. The van der Waals surface area contributed by atoms with Crippen LogP contribution in [-0.2, 0) is 4.79 Å². The van der Waals surface area contributed by atoms with E-state index in [1.54, 1.807) is 31.2 Å². The molecule has 0 bridgehead atoms. The van der Waals surface area contributed by atoms with Crippen LogP contribution >= 0.6 is 11.6 Å². The summed E-state index contributed by atoms with van der Waals surface area (Å²) in [6.45, 7) is 1.71. The topological polar surface area (TPSA) is 46.5 Å². The van der Waals surface area contributed by atoms with Gasteiger partial charge in [0.1, 0.15) is 12.4 Å². The van der Waals surface area contributed by atoms with Gasteiger partial charge in [0.2, 0.25) is 0 Å². The molecule has 0 aliphatic heterocycles. The minimum absolute atomic E-state index is 0.124. The fraction of sp³-hybridized carbons (Fsp3) is 0.300. The molecule has 0 aliphatic carbocycles. The Morgan fingerprint density at radius 3 is 2.79 bits per heavy atom. The molecule has 0 saturated carbocycles. The molecule has 76 valence electrons. The Morgan fingerprint density at radius 1 is 1.57 bits per heavy atom. The van der Waals surface area contributed by atoms with E-state index in [2.05, 4.69) is 0 Å². The molecule has 0 aromatic heterocycles. The van der Waals surface area contributed by atoms with Crippen LogP contribution in [0.2, 0.25) is 5.02 Å². The highest BCUT2D eigenvalue weighted by molar-refractivity contribution is 6.32. The minimum atomic E-state index is -0.878. The van der Waals surface area contributed by atoms with Gasteiger partial charge in [-0.25, -0.2) is 0 Å². The van der Waals surface area contributed by atoms with E-state index in [1.165, 1.54) is 0 Å². The number of para-hydroxylation sites is 1. The van der Waals surface area contributed by atoms with Crippen molar-refractivity contribution in [2.75, 3.05) is 6.61 Å². The summed E-state index contributed by atoms with van der Waals surface area (Å²) in [5.41, 5.74) is 0. The van der Waals surface area contributed by atoms with Gasteiger partial charge >= 0.3 is 5.97 Å². The van der Waals surface area contributed by atoms with Crippen molar-refractivity contribution in [2.45, 2.75) is 6.92 Å². The van der Waals surface area contributed by atoms with E-state index in [-0.39, 0.29) is 6.61 Å².